The van der Waals surface area contributed by atoms with Crippen LogP contribution in [-0.4, -0.2) is 10.7 Å². The number of hydrogen-bond acceptors (Lipinski definition) is 7. The fourth-order valence-corrected chi connectivity index (χ4v) is 5.02. The van der Waals surface area contributed by atoms with E-state index in [1.165, 1.54) is 12.1 Å². The fraction of sp³-hybridized carbons (Fsp3) is 0.238. The van der Waals surface area contributed by atoms with Gasteiger partial charge >= 0.3 is 0 Å². The number of aryl methyl sites for hydroxylation is 1. The number of nitriles is 1. The van der Waals surface area contributed by atoms with Crippen LogP contribution in [0.25, 0.3) is 0 Å². The number of Topliss-reactive ketones (excluding diaryl/α,β-unsaturated/α-hetero) is 1. The molecule has 29 heavy (non-hydrogen) atoms. The van der Waals surface area contributed by atoms with Gasteiger partial charge in [0.05, 0.1) is 28.2 Å². The first-order valence-corrected chi connectivity index (χ1v) is 10.0. The highest BCUT2D eigenvalue weighted by molar-refractivity contribution is 7.12. The van der Waals surface area contributed by atoms with Crippen LogP contribution in [0.3, 0.4) is 0 Å². The van der Waals surface area contributed by atoms with Gasteiger partial charge in [-0.2, -0.15) is 5.26 Å². The van der Waals surface area contributed by atoms with Gasteiger partial charge in [0, 0.05) is 39.6 Å². The van der Waals surface area contributed by atoms with E-state index in [0.29, 0.717) is 36.1 Å². The summed E-state index contributed by atoms with van der Waals surface area (Å²) in [7, 11) is 0. The molecule has 0 fully saturated rings. The van der Waals surface area contributed by atoms with Crippen molar-refractivity contribution >= 4 is 28.5 Å². The van der Waals surface area contributed by atoms with Crippen molar-refractivity contribution in [3.8, 4) is 6.07 Å². The number of nitrogens with zero attached hydrogens (tertiary/aromatic N) is 3. The highest BCUT2D eigenvalue weighted by atomic mass is 32.1. The van der Waals surface area contributed by atoms with Gasteiger partial charge in [0.25, 0.3) is 5.69 Å². The number of thiophene rings is 1. The summed E-state index contributed by atoms with van der Waals surface area (Å²) >= 11 is 1.54. The lowest BCUT2D eigenvalue weighted by molar-refractivity contribution is -0.384. The molecule has 0 spiro atoms. The van der Waals surface area contributed by atoms with Crippen LogP contribution in [0.4, 0.5) is 11.4 Å². The minimum Gasteiger partial charge on any atom is -0.384 e. The van der Waals surface area contributed by atoms with Crippen LogP contribution < -0.4 is 10.6 Å². The average molecular weight is 406 g/mol. The van der Waals surface area contributed by atoms with Crippen molar-refractivity contribution in [2.24, 2.45) is 5.73 Å². The zero-order valence-electron chi connectivity index (χ0n) is 15.7. The molecule has 2 heterocycles. The Balaban J connectivity index is 1.96. The van der Waals surface area contributed by atoms with E-state index in [-0.39, 0.29) is 17.3 Å². The average Bonchev–Trinajstić information content (AvgIpc) is 3.13. The van der Waals surface area contributed by atoms with Crippen LogP contribution in [0.1, 0.15) is 34.9 Å². The lowest BCUT2D eigenvalue weighted by Crippen LogP contribution is -2.38. The van der Waals surface area contributed by atoms with E-state index in [2.05, 4.69) is 6.07 Å². The summed E-state index contributed by atoms with van der Waals surface area (Å²) in [6, 6.07) is 12.2. The van der Waals surface area contributed by atoms with Gasteiger partial charge in [-0.25, -0.2) is 0 Å². The van der Waals surface area contributed by atoms with E-state index in [4.69, 9.17) is 5.73 Å². The summed E-state index contributed by atoms with van der Waals surface area (Å²) < 4.78 is 0. The van der Waals surface area contributed by atoms with Gasteiger partial charge in [-0.05, 0) is 38.0 Å². The van der Waals surface area contributed by atoms with Crippen molar-refractivity contribution < 1.29 is 9.72 Å². The van der Waals surface area contributed by atoms with Crippen molar-refractivity contribution in [1.29, 1.82) is 5.26 Å². The Hall–Kier alpha value is -3.44. The summed E-state index contributed by atoms with van der Waals surface area (Å²) in [6.07, 6.45) is 1.71. The second-order valence-corrected chi connectivity index (χ2v) is 8.36. The summed E-state index contributed by atoms with van der Waals surface area (Å²) in [6.45, 7) is 1.98. The third kappa shape index (κ3) is 3.09. The molecule has 0 radical (unpaired) electrons. The number of anilines is 1. The molecule has 4 rings (SSSR count). The smallest absolute Gasteiger partial charge is 0.271 e. The Kier molecular flexibility index (Phi) is 4.68. The molecule has 0 amide bonds. The van der Waals surface area contributed by atoms with Gasteiger partial charge in [-0.1, -0.05) is 6.07 Å². The van der Waals surface area contributed by atoms with Gasteiger partial charge in [-0.15, -0.1) is 11.3 Å². The van der Waals surface area contributed by atoms with Crippen molar-refractivity contribution in [1.82, 2.24) is 0 Å². The zero-order valence-corrected chi connectivity index (χ0v) is 16.5. The van der Waals surface area contributed by atoms with E-state index in [1.807, 2.05) is 19.1 Å². The Labute approximate surface area is 171 Å². The maximum Gasteiger partial charge on any atom is 0.271 e. The number of non-ortho nitro benzene ring substituents is 1. The summed E-state index contributed by atoms with van der Waals surface area (Å²) in [5.41, 5.74) is 8.46. The first-order valence-electron chi connectivity index (χ1n) is 9.19. The molecular formula is C21H18N4O3S. The van der Waals surface area contributed by atoms with E-state index < -0.39 is 10.8 Å². The molecule has 8 heteroatoms. The fourth-order valence-electron chi connectivity index (χ4n) is 4.02. The molecule has 2 aromatic rings. The minimum absolute atomic E-state index is 0.00187. The summed E-state index contributed by atoms with van der Waals surface area (Å²) in [5.74, 6) is -0.271. The van der Waals surface area contributed by atoms with Gasteiger partial charge in [-0.3, -0.25) is 19.8 Å². The molecule has 7 nitrogen and oxygen atoms in total. The standard InChI is InChI=1S/C21H18N4O3S/c1-12-8-9-18(29-12)19-15(11-22)21(23)24(16-6-3-7-17(26)20(16)19)13-4-2-5-14(10-13)25(27)28/h2,4-5,8-10,19H,3,6-7,23H2,1H3. The minimum atomic E-state index is -0.489. The molecule has 1 aromatic carbocycles. The molecule has 1 aromatic heterocycles. The largest absolute Gasteiger partial charge is 0.384 e. The quantitative estimate of drug-likeness (QED) is 0.601. The number of ketones is 1. The van der Waals surface area contributed by atoms with E-state index in [9.17, 15) is 20.2 Å². The maximum absolute atomic E-state index is 13.0. The van der Waals surface area contributed by atoms with Crippen molar-refractivity contribution in [2.45, 2.75) is 32.1 Å². The zero-order chi connectivity index (χ0) is 20.7. The Morgan fingerprint density at radius 3 is 2.76 bits per heavy atom. The van der Waals surface area contributed by atoms with Crippen LogP contribution in [0.15, 0.2) is 59.1 Å². The number of benzene rings is 1. The number of nitrogens with two attached hydrogens (primary N) is 1. The Morgan fingerprint density at radius 1 is 1.31 bits per heavy atom. The highest BCUT2D eigenvalue weighted by Crippen LogP contribution is 2.47. The highest BCUT2D eigenvalue weighted by Gasteiger charge is 2.41. The molecule has 1 unspecified atom stereocenters. The number of carbonyl (C=O) groups is 1. The van der Waals surface area contributed by atoms with E-state index in [1.54, 1.807) is 28.4 Å². The predicted octanol–water partition coefficient (Wildman–Crippen LogP) is 4.27. The lowest BCUT2D eigenvalue weighted by Gasteiger charge is -2.39. The maximum atomic E-state index is 13.0. The molecule has 2 N–H and O–H groups in total. The molecule has 146 valence electrons. The number of nitro groups is 1. The first kappa shape index (κ1) is 18.9. The molecule has 0 saturated carbocycles. The molecule has 2 aliphatic rings. The van der Waals surface area contributed by atoms with Gasteiger partial charge in [0.2, 0.25) is 0 Å². The number of hydrogen-bond donors (Lipinski definition) is 1. The third-order valence-corrected chi connectivity index (χ3v) is 6.32. The van der Waals surface area contributed by atoms with Crippen molar-refractivity contribution in [2.75, 3.05) is 4.90 Å². The molecule has 1 aliphatic carbocycles. The normalized spacial score (nSPS) is 19.2. The number of rotatable bonds is 3. The van der Waals surface area contributed by atoms with Crippen molar-refractivity contribution in [3.05, 3.63) is 78.9 Å². The molecule has 1 aliphatic heterocycles. The number of allylic oxidation sites excluding steroid dienone is 3. The molecular weight excluding hydrogens is 388 g/mol. The van der Waals surface area contributed by atoms with Crippen LogP contribution in [0.2, 0.25) is 0 Å². The van der Waals surface area contributed by atoms with Crippen LogP contribution in [0.5, 0.6) is 0 Å². The Morgan fingerprint density at radius 2 is 2.10 bits per heavy atom. The van der Waals surface area contributed by atoms with Crippen LogP contribution in [0, 0.1) is 28.4 Å². The Bertz CT molecular complexity index is 1140. The van der Waals surface area contributed by atoms with Gasteiger partial charge in [0.15, 0.2) is 5.78 Å². The predicted molar refractivity (Wildman–Crippen MR) is 110 cm³/mol. The van der Waals surface area contributed by atoms with E-state index in [0.717, 1.165) is 15.5 Å². The molecule has 1 atom stereocenters. The van der Waals surface area contributed by atoms with Crippen LogP contribution in [-0.2, 0) is 4.79 Å². The monoisotopic (exact) mass is 406 g/mol. The van der Waals surface area contributed by atoms with Crippen LogP contribution >= 0.6 is 11.3 Å². The van der Waals surface area contributed by atoms with Gasteiger partial charge < -0.3 is 5.73 Å². The summed E-state index contributed by atoms with van der Waals surface area (Å²) in [4.78, 5) is 27.4. The van der Waals surface area contributed by atoms with Crippen molar-refractivity contribution in [3.63, 3.8) is 0 Å². The summed E-state index contributed by atoms with van der Waals surface area (Å²) in [5, 5.41) is 21.2. The number of nitro benzene ring substituents is 1. The van der Waals surface area contributed by atoms with Gasteiger partial charge in [0.1, 0.15) is 5.82 Å². The number of carbonyl (C=O) groups excluding carboxylic acids is 1. The molecule has 0 bridgehead atoms. The lowest BCUT2D eigenvalue weighted by atomic mass is 9.78. The SMILES string of the molecule is Cc1ccc(C2C(C#N)=C(N)N(c3cccc([N+](=O)[O-])c3)C3=C2C(=O)CCC3)s1. The third-order valence-electron chi connectivity index (χ3n) is 5.26. The molecule has 0 saturated heterocycles. The second-order valence-electron chi connectivity index (χ2n) is 7.04. The van der Waals surface area contributed by atoms with E-state index >= 15 is 0 Å². The topological polar surface area (TPSA) is 113 Å². The first-order chi connectivity index (χ1) is 13.9. The second kappa shape index (κ2) is 7.18.